The smallest absolute Gasteiger partial charge is 0.187 e. The molecule has 0 spiro atoms. The summed E-state index contributed by atoms with van der Waals surface area (Å²) in [6.07, 6.45) is -70.2. The van der Waals surface area contributed by atoms with E-state index in [0.29, 0.717) is 0 Å². The fourth-order valence-corrected chi connectivity index (χ4v) is 10.4. The van der Waals surface area contributed by atoms with Gasteiger partial charge in [-0.15, -0.1) is 0 Å². The van der Waals surface area contributed by atoms with Crippen LogP contribution < -0.4 is 0 Å². The van der Waals surface area contributed by atoms with Crippen LogP contribution in [0.2, 0.25) is 0 Å². The number of aliphatic hydroxyl groups excluding tert-OH is 21. The van der Waals surface area contributed by atoms with E-state index in [1.165, 1.54) is 0 Å². The second kappa shape index (κ2) is 26.0. The molecule has 0 saturated carbocycles. The number of hydrogen-bond acceptors (Lipinski definition) is 35. The molecule has 0 unspecified atom stereocenters. The standard InChI is InChI=1S/C42H70O35/c43-1-8-29-15(50)22(57)36(64-8)72-30-9(2-44)66-38(24(59)17(30)52)74-32-11(4-46)68-40(26(61)19(32)54)76-34-13(6-48)70-42(28(63)21(34)56)77-35-14(7-49)69-41(27(62)20(35)55)75-33-12(5-47)67-39(25(60)18(33)53)73-31-10(3-45)65-37(71-29)23(58)16(31)51/h8-63H,1-7H2/t8-,9-,10-,11-,12-,13-,14-,15-,16-,17-,18+,19+,20+,21+,22-,23-,24-,25+,26+,27+,28-,29-,30-,31-,32-,33-,34-,35-,36-,37-,38-,39-,40-,41-,42-/m1/s1. The maximum absolute atomic E-state index is 11.3. The van der Waals surface area contributed by atoms with E-state index in [-0.39, 0.29) is 0 Å². The summed E-state index contributed by atoms with van der Waals surface area (Å²) in [5.74, 6) is 0. The highest BCUT2D eigenvalue weighted by Gasteiger charge is 2.59. The lowest BCUT2D eigenvalue weighted by Crippen LogP contribution is -2.68. The molecule has 21 aliphatic rings. The third-order valence-electron chi connectivity index (χ3n) is 14.8. The molecule has 21 fully saturated rings. The van der Waals surface area contributed by atoms with Gasteiger partial charge < -0.3 is 174 Å². The van der Waals surface area contributed by atoms with Crippen molar-refractivity contribution < 1.29 is 174 Å². The zero-order chi connectivity index (χ0) is 56.1. The van der Waals surface area contributed by atoms with Gasteiger partial charge in [0.15, 0.2) is 44.0 Å². The van der Waals surface area contributed by atoms with E-state index >= 15 is 0 Å². The summed E-state index contributed by atoms with van der Waals surface area (Å²) >= 11 is 0. The first-order valence-corrected chi connectivity index (χ1v) is 24.6. The van der Waals surface area contributed by atoms with Crippen molar-refractivity contribution in [3.63, 3.8) is 0 Å². The van der Waals surface area contributed by atoms with E-state index in [1.807, 2.05) is 0 Å². The van der Waals surface area contributed by atoms with Crippen LogP contribution in [0.3, 0.4) is 0 Å². The summed E-state index contributed by atoms with van der Waals surface area (Å²) in [7, 11) is 0. The summed E-state index contributed by atoms with van der Waals surface area (Å²) in [5.41, 5.74) is 0. The molecule has 0 amide bonds. The molecule has 21 heterocycles. The van der Waals surface area contributed by atoms with Crippen molar-refractivity contribution in [3.05, 3.63) is 0 Å². The van der Waals surface area contributed by atoms with Gasteiger partial charge in [-0.1, -0.05) is 0 Å². The van der Waals surface area contributed by atoms with E-state index in [2.05, 4.69) is 0 Å². The Hall–Kier alpha value is -1.40. The second-order valence-corrected chi connectivity index (χ2v) is 19.7. The van der Waals surface area contributed by atoms with Gasteiger partial charge in [-0.3, -0.25) is 0 Å². The molecule has 0 aromatic carbocycles. The highest BCUT2D eigenvalue weighted by Crippen LogP contribution is 2.39. The lowest BCUT2D eigenvalue weighted by Gasteiger charge is -2.50. The number of ether oxygens (including phenoxy) is 14. The number of aliphatic hydroxyl groups is 21. The topological polar surface area (TPSA) is 554 Å². The van der Waals surface area contributed by atoms with Gasteiger partial charge in [0, 0.05) is 0 Å². The third-order valence-corrected chi connectivity index (χ3v) is 14.8. The molecule has 35 atom stereocenters. The van der Waals surface area contributed by atoms with E-state index in [4.69, 9.17) is 66.3 Å². The molecular formula is C42H70O35. The van der Waals surface area contributed by atoms with Gasteiger partial charge in [-0.05, 0) is 0 Å². The monoisotopic (exact) mass is 1130 g/mol. The van der Waals surface area contributed by atoms with Crippen molar-refractivity contribution >= 4 is 0 Å². The molecule has 0 aromatic heterocycles. The van der Waals surface area contributed by atoms with Gasteiger partial charge in [0.1, 0.15) is 171 Å². The Bertz CT molecular complexity index is 1470. The molecule has 21 saturated heterocycles. The summed E-state index contributed by atoms with van der Waals surface area (Å²) in [5, 5.41) is 230. The molecule has 448 valence electrons. The predicted octanol–water partition coefficient (Wildman–Crippen LogP) is -15.2. The zero-order valence-corrected chi connectivity index (χ0v) is 40.3. The summed E-state index contributed by atoms with van der Waals surface area (Å²) in [6, 6.07) is 0. The van der Waals surface area contributed by atoms with Crippen LogP contribution in [-0.4, -0.2) is 368 Å². The van der Waals surface area contributed by atoms with Crippen LogP contribution in [0.25, 0.3) is 0 Å². The second-order valence-electron chi connectivity index (χ2n) is 19.7. The molecule has 77 heavy (non-hydrogen) atoms. The molecule has 35 nitrogen and oxygen atoms in total. The first kappa shape index (κ1) is 61.7. The molecule has 21 N–H and O–H groups in total. The van der Waals surface area contributed by atoms with Crippen LogP contribution in [0.5, 0.6) is 0 Å². The highest BCUT2D eigenvalue weighted by atomic mass is 16.8. The van der Waals surface area contributed by atoms with Gasteiger partial charge in [0.05, 0.1) is 46.2 Å². The van der Waals surface area contributed by atoms with Crippen molar-refractivity contribution in [2.45, 2.75) is 215 Å². The molecular weight excluding hydrogens is 1060 g/mol. The minimum atomic E-state index is -2.21. The van der Waals surface area contributed by atoms with Gasteiger partial charge in [-0.2, -0.15) is 0 Å². The maximum atomic E-state index is 11.3. The lowest BCUT2D eigenvalue weighted by molar-refractivity contribution is -0.396. The highest BCUT2D eigenvalue weighted by molar-refractivity contribution is 5.01. The summed E-state index contributed by atoms with van der Waals surface area (Å²) in [6.45, 7) is -7.33. The zero-order valence-electron chi connectivity index (χ0n) is 40.3. The minimum Gasteiger partial charge on any atom is -0.394 e. The van der Waals surface area contributed by atoms with Crippen molar-refractivity contribution in [2.24, 2.45) is 0 Å². The van der Waals surface area contributed by atoms with Crippen LogP contribution >= 0.6 is 0 Å². The van der Waals surface area contributed by atoms with E-state index < -0.39 is 261 Å². The van der Waals surface area contributed by atoms with Crippen LogP contribution in [0.15, 0.2) is 0 Å². The van der Waals surface area contributed by atoms with Gasteiger partial charge in [-0.25, -0.2) is 0 Å². The fourth-order valence-electron chi connectivity index (χ4n) is 10.4. The maximum Gasteiger partial charge on any atom is 0.187 e. The normalized spacial score (nSPS) is 55.4. The Balaban J connectivity index is 1.08. The molecule has 0 aromatic rings. The van der Waals surface area contributed by atoms with Gasteiger partial charge in [0.2, 0.25) is 0 Å². The number of hydrogen-bond donors (Lipinski definition) is 21. The van der Waals surface area contributed by atoms with Crippen LogP contribution in [0.1, 0.15) is 0 Å². The molecule has 21 rings (SSSR count). The summed E-state index contributed by atoms with van der Waals surface area (Å²) < 4.78 is 79.5. The predicted molar refractivity (Wildman–Crippen MR) is 228 cm³/mol. The van der Waals surface area contributed by atoms with Crippen LogP contribution in [0.4, 0.5) is 0 Å². The van der Waals surface area contributed by atoms with E-state index in [9.17, 15) is 107 Å². The number of rotatable bonds is 7. The first-order chi connectivity index (χ1) is 36.7. The average molecular weight is 1130 g/mol. The summed E-state index contributed by atoms with van der Waals surface area (Å²) in [4.78, 5) is 0. The molecule has 14 bridgehead atoms. The lowest BCUT2D eigenvalue weighted by atomic mass is 9.95. The molecule has 35 heteroatoms. The van der Waals surface area contributed by atoms with Crippen molar-refractivity contribution in [2.75, 3.05) is 46.2 Å². The third kappa shape index (κ3) is 12.1. The molecule has 21 aliphatic heterocycles. The van der Waals surface area contributed by atoms with Crippen molar-refractivity contribution in [1.29, 1.82) is 0 Å². The average Bonchev–Trinajstić information content (AvgIpc) is 3.45. The van der Waals surface area contributed by atoms with Crippen LogP contribution in [-0.2, 0) is 66.3 Å². The quantitative estimate of drug-likeness (QED) is 0.113. The fraction of sp³-hybridized carbons (Fsp3) is 1.00. The molecule has 0 aliphatic carbocycles. The Labute approximate surface area is 434 Å². The SMILES string of the molecule is OC[C@H]1O[C@@H]2O[C@H]3[C@H](O)[C@@H](O)[C@@H](O[C@H]4[C@H](O)[C@@H](O)[C@@H](O[C@H]5[C@@H](O)[C@H](O)[C@@H](O[C@H]6[C@@H](O)[C@@H](O)[C@@H](O[C@H]7[C@@H](O)[C@H](O)[C@@H](O[C@H]8[C@@H](O)[C@H](O)[C@@H](O[C@H]1[C@H](O)[C@H]2O)O[C@@H]8CO)O[C@@H]7CO)O[C@@H]6CO)O[C@@H]5CO)O[C@@H]4CO)O[C@@H]3CO. The van der Waals surface area contributed by atoms with Gasteiger partial charge >= 0.3 is 0 Å². The Kier molecular flexibility index (Phi) is 20.8. The van der Waals surface area contributed by atoms with E-state index in [0.717, 1.165) is 0 Å². The Morgan fingerprint density at radius 1 is 0.156 bits per heavy atom. The van der Waals surface area contributed by atoms with Gasteiger partial charge in [0.25, 0.3) is 0 Å². The van der Waals surface area contributed by atoms with Crippen LogP contribution in [0, 0.1) is 0 Å². The minimum absolute atomic E-state index is 1.05. The molecule has 0 radical (unpaired) electrons. The Morgan fingerprint density at radius 2 is 0.260 bits per heavy atom. The van der Waals surface area contributed by atoms with E-state index in [1.54, 1.807) is 0 Å². The largest absolute Gasteiger partial charge is 0.394 e. The first-order valence-electron chi connectivity index (χ1n) is 24.6. The Morgan fingerprint density at radius 3 is 0.351 bits per heavy atom. The van der Waals surface area contributed by atoms with Crippen molar-refractivity contribution in [3.8, 4) is 0 Å². The van der Waals surface area contributed by atoms with Crippen molar-refractivity contribution in [1.82, 2.24) is 0 Å².